The molecule has 2 atom stereocenters. The lowest BCUT2D eigenvalue weighted by Crippen LogP contribution is -2.60. The molecule has 14 nitrogen and oxygen atoms in total. The number of ether oxygens (including phenoxy) is 3. The molecule has 1 fully saturated rings. The number of unbranched alkanes of at least 4 members (excludes halogenated alkanes) is 8. The lowest BCUT2D eigenvalue weighted by atomic mass is 10.1. The molecule has 0 aromatic rings. The van der Waals surface area contributed by atoms with Crippen LogP contribution in [0.1, 0.15) is 92.4 Å². The van der Waals surface area contributed by atoms with Gasteiger partial charge >= 0.3 is 17.9 Å². The summed E-state index contributed by atoms with van der Waals surface area (Å²) in [6, 6.07) is 0. The molecule has 1 heterocycles. The Morgan fingerprint density at radius 1 is 0.680 bits per heavy atom. The van der Waals surface area contributed by atoms with Gasteiger partial charge in [0.25, 0.3) is 0 Å². The fourth-order valence-corrected chi connectivity index (χ4v) is 7.33. The molecule has 2 unspecified atom stereocenters. The molecule has 294 valence electrons. The van der Waals surface area contributed by atoms with Crippen molar-refractivity contribution >= 4 is 27.9 Å². The van der Waals surface area contributed by atoms with E-state index in [0.29, 0.717) is 39.1 Å². The zero-order valence-electron chi connectivity index (χ0n) is 32.0. The molecule has 1 saturated heterocycles. The van der Waals surface area contributed by atoms with Crippen molar-refractivity contribution in [1.29, 1.82) is 0 Å². The number of esters is 3. The summed E-state index contributed by atoms with van der Waals surface area (Å²) in [6.07, 6.45) is 9.53. The Hall–Kier alpha value is -1.88. The molecule has 0 amide bonds. The van der Waals surface area contributed by atoms with Crippen LogP contribution in [0.3, 0.4) is 0 Å². The van der Waals surface area contributed by atoms with E-state index >= 15 is 0 Å². The van der Waals surface area contributed by atoms with Crippen molar-refractivity contribution in [1.82, 2.24) is 23.9 Å². The van der Waals surface area contributed by atoms with Crippen molar-refractivity contribution in [3.05, 3.63) is 0 Å². The van der Waals surface area contributed by atoms with E-state index in [9.17, 15) is 27.9 Å². The van der Waals surface area contributed by atoms with Crippen molar-refractivity contribution in [2.24, 2.45) is 0 Å². The van der Waals surface area contributed by atoms with Crippen LogP contribution in [0.4, 0.5) is 0 Å². The number of hydrogen-bond acceptors (Lipinski definition) is 13. The Labute approximate surface area is 302 Å². The van der Waals surface area contributed by atoms with E-state index in [1.54, 1.807) is 27.7 Å². The van der Waals surface area contributed by atoms with Crippen LogP contribution in [0, 0.1) is 0 Å². The van der Waals surface area contributed by atoms with Crippen LogP contribution in [0.5, 0.6) is 0 Å². The van der Waals surface area contributed by atoms with Crippen molar-refractivity contribution in [2.45, 2.75) is 105 Å². The minimum absolute atomic E-state index is 0.00138. The highest BCUT2D eigenvalue weighted by Crippen LogP contribution is 2.18. The lowest BCUT2D eigenvalue weighted by Gasteiger charge is -2.42. The number of nitrogens with zero attached hydrogens (tertiary/aromatic N) is 5. The third kappa shape index (κ3) is 20.8. The molecular formula is C35H69N5O9S. The number of β-amino-alcohol motifs (C(OH)–C–C–N with tert-alkyl or cyclic N) is 1. The predicted molar refractivity (Wildman–Crippen MR) is 195 cm³/mol. The monoisotopic (exact) mass is 735 g/mol. The highest BCUT2D eigenvalue weighted by molar-refractivity contribution is 7.88. The van der Waals surface area contributed by atoms with E-state index < -0.39 is 34.2 Å². The maximum absolute atomic E-state index is 13.6. The molecule has 0 spiro atoms. The molecule has 1 aliphatic heterocycles. The summed E-state index contributed by atoms with van der Waals surface area (Å²) >= 11 is 0. The summed E-state index contributed by atoms with van der Waals surface area (Å²) < 4.78 is 44.4. The second kappa shape index (κ2) is 26.8. The maximum Gasteiger partial charge on any atom is 0.320 e. The number of rotatable bonds is 23. The molecule has 15 heteroatoms. The third-order valence-corrected chi connectivity index (χ3v) is 10.0. The first-order chi connectivity index (χ1) is 23.8. The van der Waals surface area contributed by atoms with Crippen LogP contribution in [-0.2, 0) is 38.6 Å². The van der Waals surface area contributed by atoms with Gasteiger partial charge in [-0.05, 0) is 34.1 Å². The Kier molecular flexibility index (Phi) is 24.8. The molecule has 0 bridgehead atoms. The first-order valence-corrected chi connectivity index (χ1v) is 20.7. The first-order valence-electron chi connectivity index (χ1n) is 18.9. The Balaban J connectivity index is 3.48. The minimum Gasteiger partial charge on any atom is -0.465 e. The van der Waals surface area contributed by atoms with E-state index in [1.807, 2.05) is 19.6 Å². The van der Waals surface area contributed by atoms with Gasteiger partial charge in [-0.3, -0.25) is 34.0 Å². The average molecular weight is 736 g/mol. The van der Waals surface area contributed by atoms with Gasteiger partial charge < -0.3 is 19.3 Å². The quantitative estimate of drug-likeness (QED) is 0.0931. The molecule has 0 saturated carbocycles. The van der Waals surface area contributed by atoms with Crippen LogP contribution in [0.2, 0.25) is 0 Å². The molecule has 0 radical (unpaired) electrons. The maximum atomic E-state index is 13.6. The van der Waals surface area contributed by atoms with E-state index in [2.05, 4.69) is 6.92 Å². The second-order valence-electron chi connectivity index (χ2n) is 13.2. The molecule has 1 aliphatic rings. The zero-order chi connectivity index (χ0) is 37.4. The largest absolute Gasteiger partial charge is 0.465 e. The first kappa shape index (κ1) is 46.1. The van der Waals surface area contributed by atoms with Gasteiger partial charge in [0.05, 0.1) is 58.0 Å². The van der Waals surface area contributed by atoms with Gasteiger partial charge in [0.15, 0.2) is 0 Å². The standard InChI is InChI=1S/C35H69N5O9S/c1-7-11-12-13-14-15-16-17-18-19-40(50(6,45)46)32-27-38(26-31(5)41)23-22-36(28-33(42)47-8-2)20-21-37(29-34(43)48-9-3)24-25-39(32)30-35(44)49-10-4/h31-32,41H,7-30H2,1-6H3. The number of carbonyl (C=O) groups is 3. The fourth-order valence-electron chi connectivity index (χ4n) is 6.22. The summed E-state index contributed by atoms with van der Waals surface area (Å²) in [5.74, 6) is -1.22. The van der Waals surface area contributed by atoms with Gasteiger partial charge in [0.1, 0.15) is 0 Å². The van der Waals surface area contributed by atoms with Crippen molar-refractivity contribution in [3.8, 4) is 0 Å². The minimum atomic E-state index is -3.75. The second-order valence-corrected chi connectivity index (χ2v) is 15.2. The van der Waals surface area contributed by atoms with Gasteiger partial charge in [0, 0.05) is 58.9 Å². The summed E-state index contributed by atoms with van der Waals surface area (Å²) in [5.41, 5.74) is 0. The average Bonchev–Trinajstić information content (AvgIpc) is 3.03. The van der Waals surface area contributed by atoms with Crippen LogP contribution >= 0.6 is 0 Å². The summed E-state index contributed by atoms with van der Waals surface area (Å²) in [5, 5.41) is 10.5. The smallest absolute Gasteiger partial charge is 0.320 e. The van der Waals surface area contributed by atoms with Gasteiger partial charge in [-0.1, -0.05) is 58.3 Å². The zero-order valence-corrected chi connectivity index (χ0v) is 32.8. The Bertz CT molecular complexity index is 1050. The van der Waals surface area contributed by atoms with Crippen LogP contribution in [0.15, 0.2) is 0 Å². The van der Waals surface area contributed by atoms with Crippen molar-refractivity contribution < 1.29 is 42.1 Å². The van der Waals surface area contributed by atoms with Crippen LogP contribution in [-0.4, -0.2) is 172 Å². The number of hydrogen-bond donors (Lipinski definition) is 1. The SMILES string of the molecule is CCCCCCCCCCCN(C1CN(CC(C)O)CCN(CC(=O)OCC)CCN(CC(=O)OCC)CCN1CC(=O)OCC)S(C)(=O)=O. The highest BCUT2D eigenvalue weighted by Gasteiger charge is 2.35. The summed E-state index contributed by atoms with van der Waals surface area (Å²) in [6.45, 7) is 12.8. The molecule has 1 rings (SSSR count). The van der Waals surface area contributed by atoms with Gasteiger partial charge in [-0.15, -0.1) is 0 Å². The Morgan fingerprint density at radius 3 is 1.54 bits per heavy atom. The molecule has 0 aliphatic carbocycles. The van der Waals surface area contributed by atoms with Crippen molar-refractivity contribution in [3.63, 3.8) is 0 Å². The third-order valence-electron chi connectivity index (χ3n) is 8.73. The molecule has 0 aromatic carbocycles. The molecular weight excluding hydrogens is 666 g/mol. The molecule has 50 heavy (non-hydrogen) atoms. The number of aliphatic hydroxyl groups is 1. The van der Waals surface area contributed by atoms with E-state index in [4.69, 9.17) is 14.2 Å². The highest BCUT2D eigenvalue weighted by atomic mass is 32.2. The summed E-state index contributed by atoms with van der Waals surface area (Å²) in [4.78, 5) is 45.9. The van der Waals surface area contributed by atoms with Crippen LogP contribution in [0.25, 0.3) is 0 Å². The molecule has 0 aromatic heterocycles. The fraction of sp³-hybridized carbons (Fsp3) is 0.914. The Morgan fingerprint density at radius 2 is 1.10 bits per heavy atom. The molecule has 1 N–H and O–H groups in total. The topological polar surface area (TPSA) is 149 Å². The van der Waals surface area contributed by atoms with Crippen LogP contribution < -0.4 is 0 Å². The number of sulfonamides is 1. The van der Waals surface area contributed by atoms with E-state index in [0.717, 1.165) is 19.3 Å². The summed E-state index contributed by atoms with van der Waals surface area (Å²) in [7, 11) is -3.75. The van der Waals surface area contributed by atoms with Gasteiger partial charge in [-0.2, -0.15) is 4.31 Å². The number of carbonyl (C=O) groups excluding carboxylic acids is 3. The van der Waals surface area contributed by atoms with Crippen molar-refractivity contribution in [2.75, 3.05) is 105 Å². The normalized spacial score (nSPS) is 18.7. The number of aliphatic hydroxyl groups excluding tert-OH is 1. The van der Waals surface area contributed by atoms with Gasteiger partial charge in [0.2, 0.25) is 10.0 Å². The van der Waals surface area contributed by atoms with E-state index in [-0.39, 0.29) is 71.6 Å². The predicted octanol–water partition coefficient (Wildman–Crippen LogP) is 2.40. The van der Waals surface area contributed by atoms with Gasteiger partial charge in [-0.25, -0.2) is 8.42 Å². The lowest BCUT2D eigenvalue weighted by molar-refractivity contribution is -0.147. The van der Waals surface area contributed by atoms with E-state index in [1.165, 1.54) is 42.7 Å².